The van der Waals surface area contributed by atoms with Crippen LogP contribution in [-0.2, 0) is 0 Å². The van der Waals surface area contributed by atoms with E-state index in [9.17, 15) is 4.79 Å². The third kappa shape index (κ3) is 3.18. The number of carboxylic acid groups (broad SMARTS) is 1. The van der Waals surface area contributed by atoms with Crippen LogP contribution in [0.5, 0.6) is 11.5 Å². The molecule has 0 aromatic heterocycles. The van der Waals surface area contributed by atoms with Crippen molar-refractivity contribution < 1.29 is 14.6 Å². The maximum absolute atomic E-state index is 11.0. The zero-order valence-electron chi connectivity index (χ0n) is 11.9. The summed E-state index contributed by atoms with van der Waals surface area (Å²) in [5.41, 5.74) is 2.32. The molecular formula is C17H18O3. The summed E-state index contributed by atoms with van der Waals surface area (Å²) >= 11 is 0. The first-order chi connectivity index (χ1) is 9.47. The molecule has 0 atom stereocenters. The Kier molecular flexibility index (Phi) is 4.08. The van der Waals surface area contributed by atoms with Gasteiger partial charge in [0.05, 0.1) is 5.56 Å². The van der Waals surface area contributed by atoms with Gasteiger partial charge in [0.2, 0.25) is 0 Å². The molecule has 0 fully saturated rings. The maximum atomic E-state index is 11.0. The molecule has 2 rings (SSSR count). The second-order valence-corrected chi connectivity index (χ2v) is 5.11. The van der Waals surface area contributed by atoms with Gasteiger partial charge in [0.25, 0.3) is 0 Å². The lowest BCUT2D eigenvalue weighted by atomic mass is 10.0. The molecule has 0 spiro atoms. The van der Waals surface area contributed by atoms with Crippen molar-refractivity contribution in [1.82, 2.24) is 0 Å². The number of ether oxygens (including phenoxy) is 1. The standard InChI is InChI=1S/C17H18O3/c1-11(2)13-5-4-6-15(9-13)20-16-10-14(17(18)19)8-7-12(16)3/h4-11H,1-3H3,(H,18,19). The zero-order valence-corrected chi connectivity index (χ0v) is 11.9. The largest absolute Gasteiger partial charge is 0.478 e. The van der Waals surface area contributed by atoms with E-state index in [0.29, 0.717) is 11.7 Å². The Labute approximate surface area is 118 Å². The van der Waals surface area contributed by atoms with E-state index >= 15 is 0 Å². The summed E-state index contributed by atoms with van der Waals surface area (Å²) in [4.78, 5) is 11.0. The van der Waals surface area contributed by atoms with Gasteiger partial charge in [-0.25, -0.2) is 4.79 Å². The Morgan fingerprint density at radius 2 is 1.90 bits per heavy atom. The molecule has 2 aromatic carbocycles. The van der Waals surface area contributed by atoms with E-state index in [1.54, 1.807) is 18.2 Å². The van der Waals surface area contributed by atoms with Gasteiger partial charge >= 0.3 is 5.97 Å². The average molecular weight is 270 g/mol. The van der Waals surface area contributed by atoms with Crippen molar-refractivity contribution in [2.45, 2.75) is 26.7 Å². The summed E-state index contributed by atoms with van der Waals surface area (Å²) in [6.07, 6.45) is 0. The van der Waals surface area contributed by atoms with Crippen molar-refractivity contribution in [3.63, 3.8) is 0 Å². The van der Waals surface area contributed by atoms with Crippen LogP contribution in [0.2, 0.25) is 0 Å². The SMILES string of the molecule is Cc1ccc(C(=O)O)cc1Oc1cccc(C(C)C)c1. The first kappa shape index (κ1) is 14.1. The van der Waals surface area contributed by atoms with Crippen molar-refractivity contribution in [3.8, 4) is 11.5 Å². The van der Waals surface area contributed by atoms with E-state index < -0.39 is 5.97 Å². The maximum Gasteiger partial charge on any atom is 0.335 e. The molecule has 3 nitrogen and oxygen atoms in total. The molecular weight excluding hydrogens is 252 g/mol. The van der Waals surface area contributed by atoms with Gasteiger partial charge in [-0.05, 0) is 48.2 Å². The van der Waals surface area contributed by atoms with Crippen molar-refractivity contribution in [2.24, 2.45) is 0 Å². The first-order valence-corrected chi connectivity index (χ1v) is 6.59. The minimum Gasteiger partial charge on any atom is -0.478 e. The number of hydrogen-bond donors (Lipinski definition) is 1. The van der Waals surface area contributed by atoms with Crippen LogP contribution in [0.4, 0.5) is 0 Å². The molecule has 2 aromatic rings. The molecule has 0 amide bonds. The number of aromatic carboxylic acids is 1. The first-order valence-electron chi connectivity index (χ1n) is 6.59. The van der Waals surface area contributed by atoms with Crippen LogP contribution < -0.4 is 4.74 Å². The minimum atomic E-state index is -0.953. The molecule has 0 unspecified atom stereocenters. The Morgan fingerprint density at radius 3 is 2.55 bits per heavy atom. The van der Waals surface area contributed by atoms with E-state index in [2.05, 4.69) is 19.9 Å². The van der Waals surface area contributed by atoms with Crippen LogP contribution in [-0.4, -0.2) is 11.1 Å². The smallest absolute Gasteiger partial charge is 0.335 e. The number of benzene rings is 2. The summed E-state index contributed by atoms with van der Waals surface area (Å²) in [5.74, 6) is 0.767. The molecule has 0 radical (unpaired) electrons. The van der Waals surface area contributed by atoms with Crippen molar-refractivity contribution in [3.05, 3.63) is 59.2 Å². The second kappa shape index (κ2) is 5.78. The molecule has 1 N–H and O–H groups in total. The lowest BCUT2D eigenvalue weighted by molar-refractivity contribution is 0.0696. The van der Waals surface area contributed by atoms with E-state index in [1.165, 1.54) is 5.56 Å². The fraction of sp³-hybridized carbons (Fsp3) is 0.235. The molecule has 0 bridgehead atoms. The predicted octanol–water partition coefficient (Wildman–Crippen LogP) is 4.61. The summed E-state index contributed by atoms with van der Waals surface area (Å²) in [5, 5.41) is 9.03. The van der Waals surface area contributed by atoms with Gasteiger partial charge in [-0.3, -0.25) is 0 Å². The molecule has 0 heterocycles. The third-order valence-electron chi connectivity index (χ3n) is 3.19. The minimum absolute atomic E-state index is 0.227. The lowest BCUT2D eigenvalue weighted by Gasteiger charge is -2.12. The van der Waals surface area contributed by atoms with E-state index in [0.717, 1.165) is 11.3 Å². The topological polar surface area (TPSA) is 46.5 Å². The normalized spacial score (nSPS) is 10.6. The molecule has 0 saturated heterocycles. The van der Waals surface area contributed by atoms with Crippen molar-refractivity contribution in [2.75, 3.05) is 0 Å². The highest BCUT2D eigenvalue weighted by Gasteiger charge is 2.09. The lowest BCUT2D eigenvalue weighted by Crippen LogP contribution is -1.98. The highest BCUT2D eigenvalue weighted by Crippen LogP contribution is 2.28. The second-order valence-electron chi connectivity index (χ2n) is 5.11. The van der Waals surface area contributed by atoms with Gasteiger partial charge in [-0.15, -0.1) is 0 Å². The number of carboxylic acids is 1. The van der Waals surface area contributed by atoms with Crippen molar-refractivity contribution >= 4 is 5.97 Å². The molecule has 0 aliphatic carbocycles. The Balaban J connectivity index is 2.32. The van der Waals surface area contributed by atoms with Gasteiger partial charge in [0.1, 0.15) is 11.5 Å². The van der Waals surface area contributed by atoms with Crippen molar-refractivity contribution in [1.29, 1.82) is 0 Å². The fourth-order valence-corrected chi connectivity index (χ4v) is 1.91. The predicted molar refractivity (Wildman–Crippen MR) is 78.7 cm³/mol. The molecule has 0 aliphatic heterocycles. The van der Waals surface area contributed by atoms with Gasteiger partial charge < -0.3 is 9.84 Å². The van der Waals surface area contributed by atoms with Gasteiger partial charge in [0.15, 0.2) is 0 Å². The van der Waals surface area contributed by atoms with Crippen LogP contribution in [0.3, 0.4) is 0 Å². The molecule has 104 valence electrons. The van der Waals surface area contributed by atoms with E-state index in [1.807, 2.05) is 25.1 Å². The van der Waals surface area contributed by atoms with Crippen LogP contribution in [0.25, 0.3) is 0 Å². The Morgan fingerprint density at radius 1 is 1.15 bits per heavy atom. The Hall–Kier alpha value is -2.29. The quantitative estimate of drug-likeness (QED) is 0.882. The molecule has 3 heteroatoms. The van der Waals surface area contributed by atoms with E-state index in [4.69, 9.17) is 9.84 Å². The average Bonchev–Trinajstić information content (AvgIpc) is 2.41. The molecule has 0 saturated carbocycles. The van der Waals surface area contributed by atoms with Gasteiger partial charge in [-0.2, -0.15) is 0 Å². The number of hydrogen-bond acceptors (Lipinski definition) is 2. The van der Waals surface area contributed by atoms with Crippen LogP contribution in [0.15, 0.2) is 42.5 Å². The van der Waals surface area contributed by atoms with E-state index in [-0.39, 0.29) is 5.56 Å². The highest BCUT2D eigenvalue weighted by atomic mass is 16.5. The van der Waals surface area contributed by atoms with Gasteiger partial charge in [-0.1, -0.05) is 32.0 Å². The summed E-state index contributed by atoms with van der Waals surface area (Å²) in [7, 11) is 0. The summed E-state index contributed by atoms with van der Waals surface area (Å²) in [6.45, 7) is 6.14. The van der Waals surface area contributed by atoms with Crippen LogP contribution >= 0.6 is 0 Å². The number of rotatable bonds is 4. The molecule has 20 heavy (non-hydrogen) atoms. The number of aryl methyl sites for hydroxylation is 1. The number of carbonyl (C=O) groups is 1. The summed E-state index contributed by atoms with van der Waals surface area (Å²) in [6, 6.07) is 12.7. The van der Waals surface area contributed by atoms with Crippen LogP contribution in [0, 0.1) is 6.92 Å². The fourth-order valence-electron chi connectivity index (χ4n) is 1.91. The van der Waals surface area contributed by atoms with Crippen LogP contribution in [0.1, 0.15) is 41.3 Å². The highest BCUT2D eigenvalue weighted by molar-refractivity contribution is 5.88. The van der Waals surface area contributed by atoms with Gasteiger partial charge in [0, 0.05) is 0 Å². The third-order valence-corrected chi connectivity index (χ3v) is 3.19. The zero-order chi connectivity index (χ0) is 14.7. The monoisotopic (exact) mass is 270 g/mol. The molecule has 0 aliphatic rings. The Bertz CT molecular complexity index is 630. The summed E-state index contributed by atoms with van der Waals surface area (Å²) < 4.78 is 5.83.